The Kier molecular flexibility index (Phi) is 9.41. The number of thioether (sulfide) groups is 1. The van der Waals surface area contributed by atoms with Crippen LogP contribution in [-0.2, 0) is 13.6 Å². The molecule has 1 aliphatic rings. The van der Waals surface area contributed by atoms with Crippen LogP contribution in [0.1, 0.15) is 44.8 Å². The molecule has 27 heavy (non-hydrogen) atoms. The highest BCUT2D eigenvalue weighted by Crippen LogP contribution is 2.17. The summed E-state index contributed by atoms with van der Waals surface area (Å²) in [6.07, 6.45) is 5.84. The average molecular weight is 396 g/mol. The van der Waals surface area contributed by atoms with Gasteiger partial charge in [0.2, 0.25) is 0 Å². The lowest BCUT2D eigenvalue weighted by atomic mass is 10.1. The third-order valence-electron chi connectivity index (χ3n) is 4.98. The molecule has 1 aromatic rings. The van der Waals surface area contributed by atoms with E-state index in [4.69, 9.17) is 4.99 Å². The molecule has 2 N–H and O–H groups in total. The standard InChI is InChI=1S/C19H37N7S/c1-15(2)14-26-10-6-8-17(26)12-21-19(20-9-7-11-27-5)22-13-18-24-23-16(3)25(18)4/h15,17H,6-14H2,1-5H3,(H2,20,21,22)/t17-/m1/s1. The van der Waals surface area contributed by atoms with Crippen LogP contribution in [0, 0.1) is 12.8 Å². The minimum Gasteiger partial charge on any atom is -0.356 e. The van der Waals surface area contributed by atoms with Crippen molar-refractivity contribution < 1.29 is 0 Å². The van der Waals surface area contributed by atoms with Gasteiger partial charge in [0.15, 0.2) is 11.8 Å². The SMILES string of the molecule is CSCCCNC(=NCc1nnc(C)n1C)NC[C@H]1CCCN1CC(C)C. The van der Waals surface area contributed by atoms with Crippen LogP contribution in [0.5, 0.6) is 0 Å². The second-order valence-corrected chi connectivity index (χ2v) is 8.71. The summed E-state index contributed by atoms with van der Waals surface area (Å²) in [5.74, 6) is 4.56. The summed E-state index contributed by atoms with van der Waals surface area (Å²) < 4.78 is 2.00. The zero-order chi connectivity index (χ0) is 19.6. The zero-order valence-corrected chi connectivity index (χ0v) is 18.5. The van der Waals surface area contributed by atoms with Gasteiger partial charge in [-0.3, -0.25) is 4.90 Å². The predicted molar refractivity (Wildman–Crippen MR) is 115 cm³/mol. The Bertz CT molecular complexity index is 585. The smallest absolute Gasteiger partial charge is 0.191 e. The van der Waals surface area contributed by atoms with Gasteiger partial charge < -0.3 is 15.2 Å². The minimum absolute atomic E-state index is 0.537. The Morgan fingerprint density at radius 1 is 1.33 bits per heavy atom. The monoisotopic (exact) mass is 395 g/mol. The molecule has 1 fully saturated rings. The summed E-state index contributed by atoms with van der Waals surface area (Å²) in [6.45, 7) is 11.4. The molecular formula is C19H37N7S. The summed E-state index contributed by atoms with van der Waals surface area (Å²) in [4.78, 5) is 7.38. The first-order valence-electron chi connectivity index (χ1n) is 10.1. The molecule has 0 radical (unpaired) electrons. The van der Waals surface area contributed by atoms with E-state index in [1.54, 1.807) is 0 Å². The fraction of sp³-hybridized carbons (Fsp3) is 0.842. The lowest BCUT2D eigenvalue weighted by Gasteiger charge is -2.27. The molecule has 2 heterocycles. The average Bonchev–Trinajstić information content (AvgIpc) is 3.20. The molecule has 1 aliphatic heterocycles. The van der Waals surface area contributed by atoms with E-state index in [1.807, 2.05) is 30.3 Å². The van der Waals surface area contributed by atoms with E-state index in [9.17, 15) is 0 Å². The Labute approximate surface area is 168 Å². The van der Waals surface area contributed by atoms with Crippen LogP contribution in [0.3, 0.4) is 0 Å². The highest BCUT2D eigenvalue weighted by atomic mass is 32.2. The Balaban J connectivity index is 1.92. The maximum Gasteiger partial charge on any atom is 0.191 e. The molecule has 0 bridgehead atoms. The van der Waals surface area contributed by atoms with Gasteiger partial charge in [0, 0.05) is 32.7 Å². The lowest BCUT2D eigenvalue weighted by molar-refractivity contribution is 0.226. The van der Waals surface area contributed by atoms with Crippen molar-refractivity contribution in [1.82, 2.24) is 30.3 Å². The molecule has 1 saturated heterocycles. The highest BCUT2D eigenvalue weighted by molar-refractivity contribution is 7.98. The van der Waals surface area contributed by atoms with E-state index >= 15 is 0 Å². The van der Waals surface area contributed by atoms with Crippen LogP contribution in [0.2, 0.25) is 0 Å². The Morgan fingerprint density at radius 2 is 2.15 bits per heavy atom. The highest BCUT2D eigenvalue weighted by Gasteiger charge is 2.24. The molecule has 1 aromatic heterocycles. The van der Waals surface area contributed by atoms with Crippen LogP contribution in [0.4, 0.5) is 0 Å². The van der Waals surface area contributed by atoms with Crippen LogP contribution in [0.15, 0.2) is 4.99 Å². The van der Waals surface area contributed by atoms with Crippen molar-refractivity contribution in [2.24, 2.45) is 18.0 Å². The molecule has 7 nitrogen and oxygen atoms in total. The van der Waals surface area contributed by atoms with Crippen molar-refractivity contribution >= 4 is 17.7 Å². The number of hydrogen-bond donors (Lipinski definition) is 2. The molecular weight excluding hydrogens is 358 g/mol. The molecule has 0 aliphatic carbocycles. The van der Waals surface area contributed by atoms with Crippen LogP contribution >= 0.6 is 11.8 Å². The molecule has 8 heteroatoms. The summed E-state index contributed by atoms with van der Waals surface area (Å²) in [6, 6.07) is 0.600. The number of nitrogens with zero attached hydrogens (tertiary/aromatic N) is 5. The summed E-state index contributed by atoms with van der Waals surface area (Å²) in [5, 5.41) is 15.4. The number of rotatable bonds is 10. The first-order chi connectivity index (χ1) is 13.0. The lowest BCUT2D eigenvalue weighted by Crippen LogP contribution is -2.46. The number of likely N-dealkylation sites (tertiary alicyclic amines) is 1. The summed E-state index contributed by atoms with van der Waals surface area (Å²) in [7, 11) is 1.99. The van der Waals surface area contributed by atoms with Crippen molar-refractivity contribution in [2.45, 2.75) is 52.6 Å². The van der Waals surface area contributed by atoms with Gasteiger partial charge in [-0.1, -0.05) is 13.8 Å². The number of aryl methyl sites for hydroxylation is 1. The van der Waals surface area contributed by atoms with Gasteiger partial charge in [-0.25, -0.2) is 4.99 Å². The quantitative estimate of drug-likeness (QED) is 0.359. The predicted octanol–water partition coefficient (Wildman–Crippen LogP) is 2.03. The zero-order valence-electron chi connectivity index (χ0n) is 17.7. The van der Waals surface area contributed by atoms with Gasteiger partial charge in [0.25, 0.3) is 0 Å². The van der Waals surface area contributed by atoms with Gasteiger partial charge in [0.1, 0.15) is 12.4 Å². The fourth-order valence-electron chi connectivity index (χ4n) is 3.39. The second-order valence-electron chi connectivity index (χ2n) is 7.73. The number of aliphatic imine (C=N–C) groups is 1. The van der Waals surface area contributed by atoms with Crippen LogP contribution in [-0.4, -0.2) is 69.9 Å². The minimum atomic E-state index is 0.537. The molecule has 154 valence electrons. The van der Waals surface area contributed by atoms with E-state index in [0.29, 0.717) is 18.5 Å². The van der Waals surface area contributed by atoms with Crippen LogP contribution in [0.25, 0.3) is 0 Å². The molecule has 0 saturated carbocycles. The van der Waals surface area contributed by atoms with E-state index in [1.165, 1.54) is 25.9 Å². The van der Waals surface area contributed by atoms with E-state index < -0.39 is 0 Å². The van der Waals surface area contributed by atoms with Crippen molar-refractivity contribution in [3.63, 3.8) is 0 Å². The van der Waals surface area contributed by atoms with Gasteiger partial charge in [-0.05, 0) is 50.7 Å². The molecule has 0 aromatic carbocycles. The van der Waals surface area contributed by atoms with Crippen molar-refractivity contribution in [3.8, 4) is 0 Å². The molecule has 1 atom stereocenters. The third-order valence-corrected chi connectivity index (χ3v) is 5.68. The summed E-state index contributed by atoms with van der Waals surface area (Å²) >= 11 is 1.88. The van der Waals surface area contributed by atoms with Gasteiger partial charge in [-0.2, -0.15) is 11.8 Å². The topological polar surface area (TPSA) is 70.4 Å². The van der Waals surface area contributed by atoms with Crippen molar-refractivity contribution in [3.05, 3.63) is 11.6 Å². The maximum atomic E-state index is 4.76. The second kappa shape index (κ2) is 11.5. The summed E-state index contributed by atoms with van der Waals surface area (Å²) in [5.41, 5.74) is 0. The first kappa shape index (κ1) is 22.0. The van der Waals surface area contributed by atoms with E-state index in [-0.39, 0.29) is 0 Å². The maximum absolute atomic E-state index is 4.76. The number of aromatic nitrogens is 3. The Hall–Kier alpha value is -1.28. The number of hydrogen-bond acceptors (Lipinski definition) is 5. The molecule has 0 amide bonds. The third kappa shape index (κ3) is 7.33. The largest absolute Gasteiger partial charge is 0.356 e. The first-order valence-corrected chi connectivity index (χ1v) is 11.5. The normalized spacial score (nSPS) is 18.4. The van der Waals surface area contributed by atoms with Gasteiger partial charge >= 0.3 is 0 Å². The van der Waals surface area contributed by atoms with Gasteiger partial charge in [-0.15, -0.1) is 10.2 Å². The number of nitrogens with one attached hydrogen (secondary N) is 2. The van der Waals surface area contributed by atoms with Crippen molar-refractivity contribution in [1.29, 1.82) is 0 Å². The van der Waals surface area contributed by atoms with E-state index in [0.717, 1.165) is 42.9 Å². The Morgan fingerprint density at radius 3 is 2.81 bits per heavy atom. The molecule has 2 rings (SSSR count). The van der Waals surface area contributed by atoms with Crippen molar-refractivity contribution in [2.75, 3.05) is 38.2 Å². The van der Waals surface area contributed by atoms with Gasteiger partial charge in [0.05, 0.1) is 0 Å². The fourth-order valence-corrected chi connectivity index (χ4v) is 3.82. The van der Waals surface area contributed by atoms with E-state index in [2.05, 4.69) is 45.8 Å². The molecule has 0 unspecified atom stereocenters. The van der Waals surface area contributed by atoms with Crippen LogP contribution < -0.4 is 10.6 Å². The number of guanidine groups is 1. The molecule has 0 spiro atoms.